The van der Waals surface area contributed by atoms with Gasteiger partial charge in [-0.1, -0.05) is 50.8 Å². The number of allylic oxidation sites excluding steroid dienone is 2. The van der Waals surface area contributed by atoms with Crippen molar-refractivity contribution >= 4 is 6.21 Å². The molecule has 0 aliphatic carbocycles. The first-order valence-electron chi connectivity index (χ1n) is 6.06. The number of aliphatic imine (C=N–C) groups is 1. The highest BCUT2D eigenvalue weighted by molar-refractivity contribution is 5.69. The lowest BCUT2D eigenvalue weighted by molar-refractivity contribution is 0.437. The second kappa shape index (κ2) is 4.70. The van der Waals surface area contributed by atoms with E-state index in [1.807, 2.05) is 12.3 Å². The van der Waals surface area contributed by atoms with Crippen LogP contribution in [0.4, 0.5) is 0 Å². The fourth-order valence-corrected chi connectivity index (χ4v) is 2.43. The Morgan fingerprint density at radius 1 is 1.29 bits per heavy atom. The average molecular weight is 225 g/mol. The monoisotopic (exact) mass is 225 g/mol. The quantitative estimate of drug-likeness (QED) is 0.729. The molecule has 1 aliphatic heterocycles. The van der Waals surface area contributed by atoms with Gasteiger partial charge in [0.2, 0.25) is 0 Å². The van der Waals surface area contributed by atoms with E-state index < -0.39 is 0 Å². The molecule has 0 unspecified atom stereocenters. The summed E-state index contributed by atoms with van der Waals surface area (Å²) in [5.74, 6) is 0. The zero-order chi connectivity index (χ0) is 12.3. The molecule has 88 valence electrons. The van der Waals surface area contributed by atoms with Gasteiger partial charge in [0.1, 0.15) is 0 Å². The van der Waals surface area contributed by atoms with Gasteiger partial charge in [0.25, 0.3) is 0 Å². The van der Waals surface area contributed by atoms with Gasteiger partial charge in [-0.2, -0.15) is 0 Å². The van der Waals surface area contributed by atoms with Gasteiger partial charge in [-0.05, 0) is 29.0 Å². The van der Waals surface area contributed by atoms with Crippen LogP contribution in [0.1, 0.15) is 25.8 Å². The van der Waals surface area contributed by atoms with E-state index in [0.717, 1.165) is 18.5 Å². The van der Waals surface area contributed by atoms with E-state index in [4.69, 9.17) is 0 Å². The van der Waals surface area contributed by atoms with E-state index >= 15 is 0 Å². The minimum Gasteiger partial charge on any atom is -0.261 e. The molecule has 0 aromatic heterocycles. The van der Waals surface area contributed by atoms with Crippen LogP contribution in [0.15, 0.2) is 59.2 Å². The normalized spacial score (nSPS) is 15.4. The van der Waals surface area contributed by atoms with Crippen LogP contribution in [-0.4, -0.2) is 6.21 Å². The Bertz CT molecular complexity index is 464. The lowest BCUT2D eigenvalue weighted by Crippen LogP contribution is -2.18. The van der Waals surface area contributed by atoms with Crippen LogP contribution in [0.3, 0.4) is 0 Å². The van der Waals surface area contributed by atoms with Gasteiger partial charge in [0.15, 0.2) is 0 Å². The highest BCUT2D eigenvalue weighted by Crippen LogP contribution is 2.37. The van der Waals surface area contributed by atoms with Gasteiger partial charge in [0, 0.05) is 12.6 Å². The summed E-state index contributed by atoms with van der Waals surface area (Å²) >= 11 is 0. The molecule has 2 rings (SSSR count). The molecule has 0 atom stereocenters. The molecule has 1 heterocycles. The van der Waals surface area contributed by atoms with E-state index in [1.165, 1.54) is 11.1 Å². The third-order valence-electron chi connectivity index (χ3n) is 3.33. The summed E-state index contributed by atoms with van der Waals surface area (Å²) in [4.78, 5) is 4.38. The Morgan fingerprint density at radius 3 is 2.65 bits per heavy atom. The van der Waals surface area contributed by atoms with Crippen molar-refractivity contribution in [2.45, 2.75) is 26.7 Å². The highest BCUT2D eigenvalue weighted by atomic mass is 14.8. The van der Waals surface area contributed by atoms with Gasteiger partial charge < -0.3 is 0 Å². The topological polar surface area (TPSA) is 12.4 Å². The van der Waals surface area contributed by atoms with Crippen LogP contribution < -0.4 is 0 Å². The molecule has 0 spiro atoms. The molecule has 0 saturated carbocycles. The van der Waals surface area contributed by atoms with Gasteiger partial charge in [0.05, 0.1) is 5.70 Å². The lowest BCUT2D eigenvalue weighted by Gasteiger charge is -2.27. The van der Waals surface area contributed by atoms with Crippen molar-refractivity contribution < 1.29 is 0 Å². The maximum Gasteiger partial charge on any atom is 0.0621 e. The Kier molecular flexibility index (Phi) is 3.28. The number of rotatable bonds is 4. The molecule has 1 aromatic rings. The highest BCUT2D eigenvalue weighted by Gasteiger charge is 2.27. The summed E-state index contributed by atoms with van der Waals surface area (Å²) in [5.41, 5.74) is 3.98. The Balaban J connectivity index is 2.23. The van der Waals surface area contributed by atoms with Crippen LogP contribution >= 0.6 is 0 Å². The predicted molar refractivity (Wildman–Crippen MR) is 74.3 cm³/mol. The lowest BCUT2D eigenvalue weighted by atomic mass is 9.77. The molecule has 0 bridgehead atoms. The minimum atomic E-state index is 0.140. The number of nitrogens with zero attached hydrogens (tertiary/aromatic N) is 1. The van der Waals surface area contributed by atoms with Crippen LogP contribution in [0.2, 0.25) is 0 Å². The first-order valence-corrected chi connectivity index (χ1v) is 6.06. The molecule has 1 aromatic carbocycles. The predicted octanol–water partition coefficient (Wildman–Crippen LogP) is 4.17. The van der Waals surface area contributed by atoms with Crippen molar-refractivity contribution in [1.29, 1.82) is 0 Å². The number of hydrogen-bond acceptors (Lipinski definition) is 1. The summed E-state index contributed by atoms with van der Waals surface area (Å²) < 4.78 is 0. The summed E-state index contributed by atoms with van der Waals surface area (Å²) in [6, 6.07) is 10.6. The zero-order valence-electron chi connectivity index (χ0n) is 10.6. The third kappa shape index (κ3) is 2.55. The molecular weight excluding hydrogens is 206 g/mol. The fourth-order valence-electron chi connectivity index (χ4n) is 2.43. The first-order chi connectivity index (χ1) is 8.13. The maximum absolute atomic E-state index is 4.38. The maximum atomic E-state index is 4.38. The molecule has 0 fully saturated rings. The van der Waals surface area contributed by atoms with Gasteiger partial charge in [-0.25, -0.2) is 0 Å². The van der Waals surface area contributed by atoms with Crippen LogP contribution in [0.5, 0.6) is 0 Å². The van der Waals surface area contributed by atoms with Crippen molar-refractivity contribution in [3.8, 4) is 0 Å². The van der Waals surface area contributed by atoms with Gasteiger partial charge in [-0.15, -0.1) is 0 Å². The smallest absolute Gasteiger partial charge is 0.0621 e. The second-order valence-electron chi connectivity index (χ2n) is 5.13. The molecule has 1 aliphatic rings. The Labute approximate surface area is 104 Å². The molecule has 1 heteroatoms. The molecule has 0 saturated heterocycles. The standard InChI is InChI=1S/C16H19N/c1-4-15-14(10-11-17-15)16(2,3)12-13-8-6-5-7-9-13/h4-9,11H,1,10,12H2,2-3H3. The molecule has 0 N–H and O–H groups in total. The largest absolute Gasteiger partial charge is 0.261 e. The van der Waals surface area contributed by atoms with E-state index in [2.05, 4.69) is 55.8 Å². The Morgan fingerprint density at radius 2 is 2.00 bits per heavy atom. The van der Waals surface area contributed by atoms with Gasteiger partial charge in [-0.3, -0.25) is 4.99 Å². The summed E-state index contributed by atoms with van der Waals surface area (Å²) in [6.07, 6.45) is 5.86. The van der Waals surface area contributed by atoms with Crippen molar-refractivity contribution in [3.63, 3.8) is 0 Å². The van der Waals surface area contributed by atoms with Crippen molar-refractivity contribution in [2.75, 3.05) is 0 Å². The fraction of sp³-hybridized carbons (Fsp3) is 0.312. The SMILES string of the molecule is C=CC1=C(C(C)(C)Cc2ccccc2)CC=N1. The minimum absolute atomic E-state index is 0.140. The van der Waals surface area contributed by atoms with Crippen LogP contribution in [0.25, 0.3) is 0 Å². The average Bonchev–Trinajstić information content (AvgIpc) is 2.78. The molecule has 0 radical (unpaired) electrons. The van der Waals surface area contributed by atoms with Crippen LogP contribution in [-0.2, 0) is 6.42 Å². The Hall–Kier alpha value is -1.63. The van der Waals surface area contributed by atoms with Crippen molar-refractivity contribution in [1.82, 2.24) is 0 Å². The number of hydrogen-bond donors (Lipinski definition) is 0. The van der Waals surface area contributed by atoms with E-state index in [1.54, 1.807) is 0 Å². The van der Waals surface area contributed by atoms with Crippen molar-refractivity contribution in [2.24, 2.45) is 10.4 Å². The summed E-state index contributed by atoms with van der Waals surface area (Å²) in [6.45, 7) is 8.41. The first kappa shape index (κ1) is 11.8. The zero-order valence-corrected chi connectivity index (χ0v) is 10.6. The van der Waals surface area contributed by atoms with E-state index in [0.29, 0.717) is 0 Å². The number of benzene rings is 1. The molecule has 1 nitrogen and oxygen atoms in total. The van der Waals surface area contributed by atoms with E-state index in [-0.39, 0.29) is 5.41 Å². The van der Waals surface area contributed by atoms with Crippen molar-refractivity contribution in [3.05, 3.63) is 59.8 Å². The van der Waals surface area contributed by atoms with Gasteiger partial charge >= 0.3 is 0 Å². The third-order valence-corrected chi connectivity index (χ3v) is 3.33. The summed E-state index contributed by atoms with van der Waals surface area (Å²) in [7, 11) is 0. The second-order valence-corrected chi connectivity index (χ2v) is 5.13. The summed E-state index contributed by atoms with van der Waals surface area (Å²) in [5, 5.41) is 0. The van der Waals surface area contributed by atoms with E-state index in [9.17, 15) is 0 Å². The molecule has 17 heavy (non-hydrogen) atoms. The molecular formula is C16H19N. The van der Waals surface area contributed by atoms with Crippen LogP contribution in [0, 0.1) is 5.41 Å². The molecule has 0 amide bonds.